The van der Waals surface area contributed by atoms with Crippen molar-refractivity contribution >= 4 is 5.91 Å². The highest BCUT2D eigenvalue weighted by molar-refractivity contribution is 5.81. The van der Waals surface area contributed by atoms with Gasteiger partial charge in [0.1, 0.15) is 5.60 Å². The van der Waals surface area contributed by atoms with E-state index in [0.29, 0.717) is 25.6 Å². The molecule has 1 fully saturated rings. The van der Waals surface area contributed by atoms with Gasteiger partial charge in [-0.25, -0.2) is 0 Å². The van der Waals surface area contributed by atoms with Crippen molar-refractivity contribution in [3.05, 3.63) is 0 Å². The van der Waals surface area contributed by atoms with Crippen molar-refractivity contribution in [1.29, 1.82) is 0 Å². The van der Waals surface area contributed by atoms with E-state index in [1.807, 2.05) is 6.92 Å². The van der Waals surface area contributed by atoms with Gasteiger partial charge in [0.05, 0.1) is 12.6 Å². The fourth-order valence-corrected chi connectivity index (χ4v) is 1.85. The molecule has 0 aromatic heterocycles. The summed E-state index contributed by atoms with van der Waals surface area (Å²) in [5.74, 6) is 0.503. The van der Waals surface area contributed by atoms with Crippen molar-refractivity contribution in [3.63, 3.8) is 0 Å². The molecule has 0 aliphatic carbocycles. The minimum atomic E-state index is -0.271. The quantitative estimate of drug-likeness (QED) is 0.700. The van der Waals surface area contributed by atoms with Gasteiger partial charge in [-0.3, -0.25) is 4.79 Å². The lowest BCUT2D eigenvalue weighted by molar-refractivity contribution is -0.123. The average molecular weight is 258 g/mol. The molecule has 0 spiro atoms. The first-order valence-corrected chi connectivity index (χ1v) is 6.63. The van der Waals surface area contributed by atoms with Gasteiger partial charge in [-0.05, 0) is 12.8 Å². The van der Waals surface area contributed by atoms with E-state index in [4.69, 9.17) is 9.47 Å². The molecule has 1 saturated heterocycles. The van der Waals surface area contributed by atoms with Crippen molar-refractivity contribution in [2.45, 2.75) is 38.8 Å². The molecule has 0 aromatic carbocycles. The Labute approximate surface area is 110 Å². The summed E-state index contributed by atoms with van der Waals surface area (Å²) in [6.07, 6.45) is 0.872. The van der Waals surface area contributed by atoms with Gasteiger partial charge in [0.2, 0.25) is 5.91 Å². The summed E-state index contributed by atoms with van der Waals surface area (Å²) < 4.78 is 10.9. The maximum absolute atomic E-state index is 11.8. The molecule has 1 rings (SSSR count). The SMILES string of the molecule is COC1(CNC(C)C(=O)NCC(C)C)CCOC1. The van der Waals surface area contributed by atoms with Crippen molar-refractivity contribution in [1.82, 2.24) is 10.6 Å². The second kappa shape index (κ2) is 7.07. The van der Waals surface area contributed by atoms with Crippen LogP contribution in [-0.2, 0) is 14.3 Å². The van der Waals surface area contributed by atoms with Crippen LogP contribution in [0.2, 0.25) is 0 Å². The van der Waals surface area contributed by atoms with E-state index in [2.05, 4.69) is 24.5 Å². The second-order valence-electron chi connectivity index (χ2n) is 5.43. The maximum Gasteiger partial charge on any atom is 0.236 e. The van der Waals surface area contributed by atoms with Crippen molar-refractivity contribution in [3.8, 4) is 0 Å². The lowest BCUT2D eigenvalue weighted by Crippen LogP contribution is -2.50. The molecule has 1 aliphatic heterocycles. The summed E-state index contributed by atoms with van der Waals surface area (Å²) in [6.45, 7) is 8.70. The molecule has 5 heteroatoms. The van der Waals surface area contributed by atoms with Crippen LogP contribution in [0, 0.1) is 5.92 Å². The van der Waals surface area contributed by atoms with Crippen LogP contribution in [0.25, 0.3) is 0 Å². The van der Waals surface area contributed by atoms with E-state index in [9.17, 15) is 4.79 Å². The number of hydrogen-bond acceptors (Lipinski definition) is 4. The highest BCUT2D eigenvalue weighted by Crippen LogP contribution is 2.21. The van der Waals surface area contributed by atoms with Gasteiger partial charge in [0, 0.05) is 33.2 Å². The van der Waals surface area contributed by atoms with E-state index in [-0.39, 0.29) is 17.6 Å². The van der Waals surface area contributed by atoms with Crippen LogP contribution in [0.3, 0.4) is 0 Å². The average Bonchev–Trinajstić information content (AvgIpc) is 2.82. The first-order chi connectivity index (χ1) is 8.49. The summed E-state index contributed by atoms with van der Waals surface area (Å²) in [6, 6.07) is -0.212. The predicted octanol–water partition coefficient (Wildman–Crippen LogP) is 0.542. The minimum Gasteiger partial charge on any atom is -0.378 e. The molecule has 106 valence electrons. The zero-order valence-electron chi connectivity index (χ0n) is 11.9. The molecule has 2 unspecified atom stereocenters. The Hall–Kier alpha value is -0.650. The van der Waals surface area contributed by atoms with Gasteiger partial charge in [-0.15, -0.1) is 0 Å². The van der Waals surface area contributed by atoms with E-state index in [1.165, 1.54) is 0 Å². The molecule has 2 N–H and O–H groups in total. The molecule has 2 atom stereocenters. The Morgan fingerprint density at radius 2 is 2.17 bits per heavy atom. The molecule has 0 bridgehead atoms. The largest absolute Gasteiger partial charge is 0.378 e. The Bertz CT molecular complexity index is 263. The van der Waals surface area contributed by atoms with E-state index < -0.39 is 0 Å². The Balaban J connectivity index is 2.31. The van der Waals surface area contributed by atoms with E-state index in [0.717, 1.165) is 13.0 Å². The molecule has 1 amide bonds. The number of hydrogen-bond donors (Lipinski definition) is 2. The van der Waals surface area contributed by atoms with Crippen LogP contribution in [-0.4, -0.2) is 51.0 Å². The summed E-state index contributed by atoms with van der Waals surface area (Å²) >= 11 is 0. The lowest BCUT2D eigenvalue weighted by atomic mass is 10.0. The normalized spacial score (nSPS) is 25.4. The highest BCUT2D eigenvalue weighted by atomic mass is 16.5. The van der Waals surface area contributed by atoms with Crippen molar-refractivity contribution in [2.24, 2.45) is 5.92 Å². The number of methoxy groups -OCH3 is 1. The Morgan fingerprint density at radius 3 is 2.67 bits per heavy atom. The number of nitrogens with one attached hydrogen (secondary N) is 2. The molecule has 0 saturated carbocycles. The third-order valence-corrected chi connectivity index (χ3v) is 3.31. The topological polar surface area (TPSA) is 59.6 Å². The van der Waals surface area contributed by atoms with Gasteiger partial charge in [-0.2, -0.15) is 0 Å². The second-order valence-corrected chi connectivity index (χ2v) is 5.43. The zero-order chi connectivity index (χ0) is 13.6. The fraction of sp³-hybridized carbons (Fsp3) is 0.923. The zero-order valence-corrected chi connectivity index (χ0v) is 11.9. The third kappa shape index (κ3) is 4.55. The molecule has 18 heavy (non-hydrogen) atoms. The molecule has 0 radical (unpaired) electrons. The van der Waals surface area contributed by atoms with Crippen molar-refractivity contribution < 1.29 is 14.3 Å². The van der Waals surface area contributed by atoms with Crippen LogP contribution in [0.1, 0.15) is 27.2 Å². The minimum absolute atomic E-state index is 0.0360. The highest BCUT2D eigenvalue weighted by Gasteiger charge is 2.35. The number of ether oxygens (including phenoxy) is 2. The fourth-order valence-electron chi connectivity index (χ4n) is 1.85. The first-order valence-electron chi connectivity index (χ1n) is 6.63. The van der Waals surface area contributed by atoms with E-state index >= 15 is 0 Å². The van der Waals surface area contributed by atoms with E-state index in [1.54, 1.807) is 7.11 Å². The standard InChI is InChI=1S/C13H26N2O3/c1-10(2)7-14-12(16)11(3)15-8-13(17-4)5-6-18-9-13/h10-11,15H,5-9H2,1-4H3,(H,14,16). The molecule has 1 aliphatic rings. The van der Waals surface area contributed by atoms with Crippen LogP contribution in [0.15, 0.2) is 0 Å². The summed E-state index contributed by atoms with van der Waals surface area (Å²) in [5.41, 5.74) is -0.271. The number of carbonyl (C=O) groups is 1. The van der Waals surface area contributed by atoms with Crippen LogP contribution in [0.4, 0.5) is 0 Å². The Morgan fingerprint density at radius 1 is 1.44 bits per heavy atom. The van der Waals surface area contributed by atoms with Crippen LogP contribution < -0.4 is 10.6 Å². The summed E-state index contributed by atoms with van der Waals surface area (Å²) in [5, 5.41) is 6.14. The smallest absolute Gasteiger partial charge is 0.236 e. The van der Waals surface area contributed by atoms with Gasteiger partial charge >= 0.3 is 0 Å². The molecular weight excluding hydrogens is 232 g/mol. The first kappa shape index (κ1) is 15.4. The number of amides is 1. The summed E-state index contributed by atoms with van der Waals surface area (Å²) in [7, 11) is 1.69. The van der Waals surface area contributed by atoms with Gasteiger partial charge in [-0.1, -0.05) is 13.8 Å². The lowest BCUT2D eigenvalue weighted by Gasteiger charge is -2.27. The van der Waals surface area contributed by atoms with Crippen LogP contribution >= 0.6 is 0 Å². The van der Waals surface area contributed by atoms with Gasteiger partial charge < -0.3 is 20.1 Å². The molecular formula is C13H26N2O3. The third-order valence-electron chi connectivity index (χ3n) is 3.31. The monoisotopic (exact) mass is 258 g/mol. The van der Waals surface area contributed by atoms with Gasteiger partial charge in [0.15, 0.2) is 0 Å². The predicted molar refractivity (Wildman–Crippen MR) is 70.5 cm³/mol. The van der Waals surface area contributed by atoms with Gasteiger partial charge in [0.25, 0.3) is 0 Å². The Kier molecular flexibility index (Phi) is 6.05. The molecule has 5 nitrogen and oxygen atoms in total. The number of rotatable bonds is 7. The number of carbonyl (C=O) groups excluding carboxylic acids is 1. The summed E-state index contributed by atoms with van der Waals surface area (Å²) in [4.78, 5) is 11.8. The molecule has 1 heterocycles. The maximum atomic E-state index is 11.8. The van der Waals surface area contributed by atoms with Crippen molar-refractivity contribution in [2.75, 3.05) is 33.4 Å². The molecule has 0 aromatic rings. The van der Waals surface area contributed by atoms with Crippen LogP contribution in [0.5, 0.6) is 0 Å².